The summed E-state index contributed by atoms with van der Waals surface area (Å²) in [6.45, 7) is 8.62. The van der Waals surface area contributed by atoms with E-state index in [-0.39, 0.29) is 5.92 Å². The first-order valence-electron chi connectivity index (χ1n) is 7.19. The molecule has 0 aliphatic carbocycles. The number of halogens is 3. The van der Waals surface area contributed by atoms with Crippen LogP contribution in [0.25, 0.3) is 0 Å². The summed E-state index contributed by atoms with van der Waals surface area (Å²) in [6.07, 6.45) is -3.13. The molecule has 1 heterocycles. The van der Waals surface area contributed by atoms with Crippen molar-refractivity contribution in [3.05, 3.63) is 34.9 Å². The summed E-state index contributed by atoms with van der Waals surface area (Å²) in [5.41, 5.74) is 1.02. The third-order valence-electron chi connectivity index (χ3n) is 3.92. The predicted molar refractivity (Wildman–Crippen MR) is 74.6 cm³/mol. The molecule has 1 aliphatic heterocycles. The lowest BCUT2D eigenvalue weighted by atomic mass is 9.97. The van der Waals surface area contributed by atoms with Crippen molar-refractivity contribution in [1.29, 1.82) is 0 Å². The normalized spacial score (nSPS) is 20.9. The topological polar surface area (TPSA) is 3.24 Å². The Morgan fingerprint density at radius 1 is 1.25 bits per heavy atom. The van der Waals surface area contributed by atoms with E-state index in [0.29, 0.717) is 12.5 Å². The molecule has 1 aliphatic rings. The summed E-state index contributed by atoms with van der Waals surface area (Å²) in [5.74, 6) is 0.749. The number of benzene rings is 1. The Kier molecular flexibility index (Phi) is 4.43. The van der Waals surface area contributed by atoms with Crippen molar-refractivity contribution >= 4 is 0 Å². The molecular weight excluding hydrogens is 263 g/mol. The van der Waals surface area contributed by atoms with Gasteiger partial charge in [0.2, 0.25) is 0 Å². The van der Waals surface area contributed by atoms with Crippen LogP contribution in [0.4, 0.5) is 13.2 Å². The highest BCUT2D eigenvalue weighted by atomic mass is 19.4. The first-order valence-corrected chi connectivity index (χ1v) is 7.19. The molecule has 1 atom stereocenters. The molecule has 4 heteroatoms. The molecule has 2 rings (SSSR count). The van der Waals surface area contributed by atoms with Gasteiger partial charge in [0.15, 0.2) is 0 Å². The Labute approximate surface area is 118 Å². The van der Waals surface area contributed by atoms with Gasteiger partial charge < -0.3 is 0 Å². The average Bonchev–Trinajstić information content (AvgIpc) is 2.73. The first-order chi connectivity index (χ1) is 9.25. The van der Waals surface area contributed by atoms with Gasteiger partial charge in [0.25, 0.3) is 0 Å². The number of nitrogens with zero attached hydrogens (tertiary/aromatic N) is 1. The summed E-state index contributed by atoms with van der Waals surface area (Å²) in [4.78, 5) is 2.24. The van der Waals surface area contributed by atoms with E-state index in [4.69, 9.17) is 0 Å². The minimum Gasteiger partial charge on any atom is -0.299 e. The average molecular weight is 285 g/mol. The molecule has 0 spiro atoms. The van der Waals surface area contributed by atoms with Crippen molar-refractivity contribution in [2.75, 3.05) is 13.1 Å². The zero-order chi connectivity index (χ0) is 14.9. The molecule has 1 aromatic rings. The van der Waals surface area contributed by atoms with Crippen molar-refractivity contribution in [3.63, 3.8) is 0 Å². The molecular formula is C16H22F3N. The highest BCUT2D eigenvalue weighted by Gasteiger charge is 2.31. The largest absolute Gasteiger partial charge is 0.416 e. The SMILES string of the molecule is CC(C)c1cc(CN2CC[C@@H](C)C2)cc(C(F)(F)F)c1. The van der Waals surface area contributed by atoms with Gasteiger partial charge in [-0.3, -0.25) is 4.90 Å². The van der Waals surface area contributed by atoms with Crippen LogP contribution < -0.4 is 0 Å². The van der Waals surface area contributed by atoms with Gasteiger partial charge in [-0.25, -0.2) is 0 Å². The van der Waals surface area contributed by atoms with Crippen molar-refractivity contribution in [1.82, 2.24) is 4.90 Å². The third kappa shape index (κ3) is 3.75. The Balaban J connectivity index is 2.25. The molecule has 1 nitrogen and oxygen atoms in total. The lowest BCUT2D eigenvalue weighted by Gasteiger charge is -2.19. The highest BCUT2D eigenvalue weighted by Crippen LogP contribution is 2.33. The highest BCUT2D eigenvalue weighted by molar-refractivity contribution is 5.33. The maximum atomic E-state index is 13.0. The van der Waals surface area contributed by atoms with Crippen LogP contribution >= 0.6 is 0 Å². The van der Waals surface area contributed by atoms with Crippen LogP contribution in [-0.4, -0.2) is 18.0 Å². The number of alkyl halides is 3. The van der Waals surface area contributed by atoms with E-state index in [9.17, 15) is 13.2 Å². The van der Waals surface area contributed by atoms with Gasteiger partial charge in [0, 0.05) is 13.1 Å². The molecule has 0 bridgehead atoms. The van der Waals surface area contributed by atoms with Gasteiger partial charge in [0.05, 0.1) is 5.56 Å². The van der Waals surface area contributed by atoms with E-state index < -0.39 is 11.7 Å². The van der Waals surface area contributed by atoms with E-state index >= 15 is 0 Å². The Morgan fingerprint density at radius 2 is 1.95 bits per heavy atom. The standard InChI is InChI=1S/C16H22F3N/c1-11(2)14-6-13(7-15(8-14)16(17,18)19)10-20-5-4-12(3)9-20/h6-8,11-12H,4-5,9-10H2,1-3H3/t12-/m1/s1. The molecule has 0 saturated carbocycles. The minimum atomic E-state index is -4.27. The number of hydrogen-bond donors (Lipinski definition) is 0. The van der Waals surface area contributed by atoms with Gasteiger partial charge >= 0.3 is 6.18 Å². The van der Waals surface area contributed by atoms with Crippen LogP contribution in [0.15, 0.2) is 18.2 Å². The van der Waals surface area contributed by atoms with Crippen molar-refractivity contribution in [2.45, 2.75) is 45.8 Å². The fourth-order valence-corrected chi connectivity index (χ4v) is 2.73. The quantitative estimate of drug-likeness (QED) is 0.780. The van der Waals surface area contributed by atoms with Crippen LogP contribution in [-0.2, 0) is 12.7 Å². The van der Waals surface area contributed by atoms with Gasteiger partial charge in [0.1, 0.15) is 0 Å². The summed E-state index contributed by atoms with van der Waals surface area (Å²) in [7, 11) is 0. The Bertz CT molecular complexity index is 465. The molecule has 0 unspecified atom stereocenters. The maximum absolute atomic E-state index is 13.0. The lowest BCUT2D eigenvalue weighted by Crippen LogP contribution is -2.20. The first kappa shape index (κ1) is 15.4. The Morgan fingerprint density at radius 3 is 2.45 bits per heavy atom. The molecule has 20 heavy (non-hydrogen) atoms. The smallest absolute Gasteiger partial charge is 0.299 e. The van der Waals surface area contributed by atoms with Gasteiger partial charge in [-0.15, -0.1) is 0 Å². The van der Waals surface area contributed by atoms with Gasteiger partial charge in [-0.1, -0.05) is 26.8 Å². The van der Waals surface area contributed by atoms with Gasteiger partial charge in [-0.2, -0.15) is 13.2 Å². The van der Waals surface area contributed by atoms with E-state index in [2.05, 4.69) is 11.8 Å². The summed E-state index contributed by atoms with van der Waals surface area (Å²) in [5, 5.41) is 0. The van der Waals surface area contributed by atoms with Gasteiger partial charge in [-0.05, 0) is 48.1 Å². The molecule has 0 amide bonds. The number of hydrogen-bond acceptors (Lipinski definition) is 1. The molecule has 1 fully saturated rings. The lowest BCUT2D eigenvalue weighted by molar-refractivity contribution is -0.137. The van der Waals surface area contributed by atoms with Crippen LogP contribution in [0.1, 0.15) is 49.8 Å². The molecule has 0 radical (unpaired) electrons. The third-order valence-corrected chi connectivity index (χ3v) is 3.92. The van der Waals surface area contributed by atoms with Crippen molar-refractivity contribution in [3.8, 4) is 0 Å². The fourth-order valence-electron chi connectivity index (χ4n) is 2.73. The predicted octanol–water partition coefficient (Wildman–Crippen LogP) is 4.67. The van der Waals surface area contributed by atoms with Crippen LogP contribution in [0.2, 0.25) is 0 Å². The maximum Gasteiger partial charge on any atom is 0.416 e. The van der Waals surface area contributed by atoms with Crippen LogP contribution in [0.5, 0.6) is 0 Å². The fraction of sp³-hybridized carbons (Fsp3) is 0.625. The molecule has 112 valence electrons. The monoisotopic (exact) mass is 285 g/mol. The molecule has 1 saturated heterocycles. The summed E-state index contributed by atoms with van der Waals surface area (Å²) in [6, 6.07) is 4.50. The second-order valence-electron chi connectivity index (χ2n) is 6.24. The van der Waals surface area contributed by atoms with E-state index in [1.165, 1.54) is 12.1 Å². The van der Waals surface area contributed by atoms with E-state index in [1.807, 2.05) is 19.9 Å². The van der Waals surface area contributed by atoms with Crippen molar-refractivity contribution in [2.24, 2.45) is 5.92 Å². The second kappa shape index (κ2) is 5.76. The van der Waals surface area contributed by atoms with Crippen LogP contribution in [0.3, 0.4) is 0 Å². The van der Waals surface area contributed by atoms with E-state index in [1.54, 1.807) is 0 Å². The number of rotatable bonds is 3. The summed E-state index contributed by atoms with van der Waals surface area (Å²) < 4.78 is 38.9. The Hall–Kier alpha value is -1.03. The zero-order valence-electron chi connectivity index (χ0n) is 12.3. The molecule has 1 aromatic carbocycles. The number of likely N-dealkylation sites (tertiary alicyclic amines) is 1. The molecule has 0 aromatic heterocycles. The molecule has 0 N–H and O–H groups in total. The second-order valence-corrected chi connectivity index (χ2v) is 6.24. The van der Waals surface area contributed by atoms with Crippen molar-refractivity contribution < 1.29 is 13.2 Å². The van der Waals surface area contributed by atoms with E-state index in [0.717, 1.165) is 30.6 Å². The van der Waals surface area contributed by atoms with Crippen LogP contribution in [0, 0.1) is 5.92 Å². The summed E-state index contributed by atoms with van der Waals surface area (Å²) >= 11 is 0. The zero-order valence-corrected chi connectivity index (χ0v) is 12.3. The minimum absolute atomic E-state index is 0.105.